The van der Waals surface area contributed by atoms with Gasteiger partial charge in [-0.3, -0.25) is 14.4 Å². The van der Waals surface area contributed by atoms with Crippen LogP contribution in [0.4, 0.5) is 0 Å². The van der Waals surface area contributed by atoms with Crippen molar-refractivity contribution < 1.29 is 34.5 Å². The first-order valence-corrected chi connectivity index (χ1v) is 13.6. The second-order valence-electron chi connectivity index (χ2n) is 13.5. The number of hydrogen-bond acceptors (Lipinski definition) is 6. The molecule has 0 bridgehead atoms. The van der Waals surface area contributed by atoms with Crippen LogP contribution in [0, 0.1) is 39.4 Å². The number of carboxylic acid groups (broad SMARTS) is 1. The number of Topliss-reactive ketones (excluding diaryl/α,β-unsaturated/α-hetero) is 3. The van der Waals surface area contributed by atoms with Crippen LogP contribution in [0.2, 0.25) is 0 Å². The summed E-state index contributed by atoms with van der Waals surface area (Å²) >= 11 is 0. The third kappa shape index (κ3) is 3.75. The van der Waals surface area contributed by atoms with Gasteiger partial charge in [0.25, 0.3) is 0 Å². The number of carbonyl (C=O) groups excluding carboxylic acids is 3. The Morgan fingerprint density at radius 2 is 1.73 bits per heavy atom. The number of aliphatic carboxylic acids is 1. The maximum absolute atomic E-state index is 14.0. The Morgan fingerprint density at radius 1 is 1.11 bits per heavy atom. The van der Waals surface area contributed by atoms with Gasteiger partial charge in [0.1, 0.15) is 11.6 Å². The molecule has 0 aromatic heterocycles. The lowest BCUT2D eigenvalue weighted by molar-refractivity contribution is -0.146. The molecule has 0 amide bonds. The molecule has 37 heavy (non-hydrogen) atoms. The van der Waals surface area contributed by atoms with E-state index in [1.165, 1.54) is 13.0 Å². The van der Waals surface area contributed by atoms with Crippen LogP contribution in [0.15, 0.2) is 22.8 Å². The molecule has 4 aliphatic rings. The fraction of sp³-hybridized carbons (Fsp3) is 0.733. The zero-order valence-electron chi connectivity index (χ0n) is 23.2. The number of fused-ring (bicyclic) bond motifs is 4. The highest BCUT2D eigenvalue weighted by Gasteiger charge is 2.70. The number of rotatable bonds is 5. The van der Waals surface area contributed by atoms with Crippen LogP contribution >= 0.6 is 0 Å². The van der Waals surface area contributed by atoms with Gasteiger partial charge in [-0.2, -0.15) is 0 Å². The van der Waals surface area contributed by atoms with Gasteiger partial charge in [0.2, 0.25) is 0 Å². The quantitative estimate of drug-likeness (QED) is 0.472. The normalized spacial score (nSPS) is 41.2. The van der Waals surface area contributed by atoms with Crippen LogP contribution in [0.25, 0.3) is 0 Å². The van der Waals surface area contributed by atoms with Gasteiger partial charge < -0.3 is 15.3 Å². The summed E-state index contributed by atoms with van der Waals surface area (Å²) in [4.78, 5) is 51.9. The minimum absolute atomic E-state index is 0.00541. The predicted molar refractivity (Wildman–Crippen MR) is 137 cm³/mol. The van der Waals surface area contributed by atoms with Crippen molar-refractivity contribution in [2.24, 2.45) is 39.4 Å². The zero-order chi connectivity index (χ0) is 27.9. The van der Waals surface area contributed by atoms with E-state index in [2.05, 4.69) is 0 Å². The van der Waals surface area contributed by atoms with E-state index in [0.29, 0.717) is 30.4 Å². The molecule has 0 heterocycles. The third-order valence-corrected chi connectivity index (χ3v) is 11.2. The van der Waals surface area contributed by atoms with Crippen LogP contribution in [-0.2, 0) is 19.2 Å². The van der Waals surface area contributed by atoms with Gasteiger partial charge in [0.05, 0.1) is 17.6 Å². The maximum Gasteiger partial charge on any atom is 0.331 e. The Kier molecular flexibility index (Phi) is 6.56. The van der Waals surface area contributed by atoms with Gasteiger partial charge in [-0.1, -0.05) is 34.6 Å². The van der Waals surface area contributed by atoms with Crippen molar-refractivity contribution in [3.05, 3.63) is 22.8 Å². The van der Waals surface area contributed by atoms with Crippen molar-refractivity contribution in [3.63, 3.8) is 0 Å². The number of aliphatic hydroxyl groups is 2. The van der Waals surface area contributed by atoms with Gasteiger partial charge in [0.15, 0.2) is 5.78 Å². The summed E-state index contributed by atoms with van der Waals surface area (Å²) in [6.07, 6.45) is 1.32. The Hall–Kier alpha value is -2.12. The van der Waals surface area contributed by atoms with E-state index in [1.807, 2.05) is 41.5 Å². The van der Waals surface area contributed by atoms with Crippen LogP contribution < -0.4 is 0 Å². The standard InChI is InChI=1S/C30H42O7/c1-15(10-17(31)11-16(2)26(36)37)18-12-23(35)30(7)25-19(32)13-21-27(3,4)22(34)8-9-28(21,5)24(25)20(33)14-29(18,30)6/h11,15,17-19,21,31-32H,8-10,12-14H2,1-7H3,(H,36,37)/b16-11-/t15-,17+,18-,19+,21+,28+,29-,30+/m1/s1. The molecule has 2 saturated carbocycles. The van der Waals surface area contributed by atoms with Crippen molar-refractivity contribution >= 4 is 23.3 Å². The second kappa shape index (κ2) is 8.70. The molecular weight excluding hydrogens is 472 g/mol. The van der Waals surface area contributed by atoms with E-state index in [9.17, 15) is 29.4 Å². The lowest BCUT2D eigenvalue weighted by Gasteiger charge is -2.60. The first-order chi connectivity index (χ1) is 16.9. The fourth-order valence-electron chi connectivity index (χ4n) is 8.89. The molecule has 0 saturated heterocycles. The van der Waals surface area contributed by atoms with Gasteiger partial charge in [-0.05, 0) is 67.9 Å². The maximum atomic E-state index is 14.0. The summed E-state index contributed by atoms with van der Waals surface area (Å²) in [5.41, 5.74) is -1.80. The van der Waals surface area contributed by atoms with Crippen LogP contribution in [0.3, 0.4) is 0 Å². The average molecular weight is 515 g/mol. The van der Waals surface area contributed by atoms with Crippen molar-refractivity contribution in [1.82, 2.24) is 0 Å². The number of ketones is 3. The summed E-state index contributed by atoms with van der Waals surface area (Å²) in [5, 5.41) is 31.3. The molecule has 2 fully saturated rings. The highest BCUT2D eigenvalue weighted by molar-refractivity contribution is 6.05. The molecule has 0 aromatic rings. The Bertz CT molecular complexity index is 1130. The third-order valence-electron chi connectivity index (χ3n) is 11.2. The number of carbonyl (C=O) groups is 4. The molecule has 204 valence electrons. The first kappa shape index (κ1) is 27.9. The Balaban J connectivity index is 1.77. The summed E-state index contributed by atoms with van der Waals surface area (Å²) in [6, 6.07) is 0. The largest absolute Gasteiger partial charge is 0.478 e. The molecule has 0 spiro atoms. The molecule has 0 unspecified atom stereocenters. The van der Waals surface area contributed by atoms with Crippen molar-refractivity contribution in [2.75, 3.05) is 0 Å². The molecule has 3 N–H and O–H groups in total. The van der Waals surface area contributed by atoms with Gasteiger partial charge in [0, 0.05) is 41.2 Å². The lowest BCUT2D eigenvalue weighted by atomic mass is 9.42. The van der Waals surface area contributed by atoms with Crippen molar-refractivity contribution in [3.8, 4) is 0 Å². The minimum Gasteiger partial charge on any atom is -0.478 e. The van der Waals surface area contributed by atoms with E-state index < -0.39 is 39.8 Å². The van der Waals surface area contributed by atoms with Gasteiger partial charge in [-0.25, -0.2) is 4.79 Å². The smallest absolute Gasteiger partial charge is 0.331 e. The molecule has 7 heteroatoms. The Labute approximate surface area is 219 Å². The average Bonchev–Trinajstić information content (AvgIpc) is 2.99. The molecule has 7 nitrogen and oxygen atoms in total. The number of allylic oxidation sites excluding steroid dienone is 1. The van der Waals surface area contributed by atoms with E-state index >= 15 is 0 Å². The Morgan fingerprint density at radius 3 is 2.32 bits per heavy atom. The van der Waals surface area contributed by atoms with Crippen molar-refractivity contribution in [2.45, 2.75) is 99.2 Å². The van der Waals surface area contributed by atoms with Gasteiger partial charge in [-0.15, -0.1) is 0 Å². The molecule has 4 aliphatic carbocycles. The van der Waals surface area contributed by atoms with E-state index in [1.54, 1.807) is 0 Å². The molecule has 8 atom stereocenters. The number of aliphatic hydroxyl groups excluding tert-OH is 2. The first-order valence-electron chi connectivity index (χ1n) is 13.6. The molecule has 0 aromatic carbocycles. The van der Waals surface area contributed by atoms with Crippen molar-refractivity contribution in [1.29, 1.82) is 0 Å². The molecule has 0 aliphatic heterocycles. The summed E-state index contributed by atoms with van der Waals surface area (Å²) < 4.78 is 0. The second-order valence-corrected chi connectivity index (χ2v) is 13.5. The summed E-state index contributed by atoms with van der Waals surface area (Å²) in [6.45, 7) is 13.1. The van der Waals surface area contributed by atoms with Crippen LogP contribution in [0.5, 0.6) is 0 Å². The van der Waals surface area contributed by atoms with E-state index in [0.717, 1.165) is 0 Å². The summed E-state index contributed by atoms with van der Waals surface area (Å²) in [5.74, 6) is -1.52. The monoisotopic (exact) mass is 514 g/mol. The van der Waals surface area contributed by atoms with E-state index in [4.69, 9.17) is 5.11 Å². The SMILES string of the molecule is C/C(=C/[C@@H](O)C[C@@H](C)[C@H]1CC(=O)[C@@]2(C)C3=C(C(=O)C[C@]12C)[C@@]1(C)CCC(=O)C(C)(C)[C@@H]1C[C@@H]3O)C(=O)O. The number of hydrogen-bond donors (Lipinski definition) is 3. The molecule has 4 rings (SSSR count). The van der Waals surface area contributed by atoms with Crippen LogP contribution in [0.1, 0.15) is 87.0 Å². The van der Waals surface area contributed by atoms with E-state index in [-0.39, 0.29) is 59.9 Å². The topological polar surface area (TPSA) is 129 Å². The van der Waals surface area contributed by atoms with Crippen LogP contribution in [-0.4, -0.2) is 50.8 Å². The number of carboxylic acids is 1. The fourth-order valence-corrected chi connectivity index (χ4v) is 8.89. The summed E-state index contributed by atoms with van der Waals surface area (Å²) in [7, 11) is 0. The highest BCUT2D eigenvalue weighted by atomic mass is 16.4. The predicted octanol–water partition coefficient (Wildman–Crippen LogP) is 4.05. The van der Waals surface area contributed by atoms with Gasteiger partial charge >= 0.3 is 5.97 Å². The molecular formula is C30H42O7. The lowest BCUT2D eigenvalue weighted by Crippen LogP contribution is -2.60. The minimum atomic E-state index is -1.09. The highest BCUT2D eigenvalue weighted by Crippen LogP contribution is 2.70. The zero-order valence-corrected chi connectivity index (χ0v) is 23.2. The molecule has 0 radical (unpaired) electrons.